The first-order valence-corrected chi connectivity index (χ1v) is 4.92. The van der Waals surface area contributed by atoms with Crippen molar-refractivity contribution in [1.82, 2.24) is 0 Å². The Morgan fingerprint density at radius 2 is 2.25 bits per heavy atom. The van der Waals surface area contributed by atoms with Gasteiger partial charge in [-0.15, -0.1) is 0 Å². The lowest BCUT2D eigenvalue weighted by atomic mass is 9.95. The largest absolute Gasteiger partial charge is 0.468 e. The minimum absolute atomic E-state index is 0.00980. The van der Waals surface area contributed by atoms with E-state index in [1.165, 1.54) is 19.2 Å². The standard InChI is InChI=1S/C12H10FNO2/c1-16-11(15)12(4-5-12)9-3-2-8(7-14)10(13)6-9/h2-3,6H,4-5H2,1H3. The predicted molar refractivity (Wildman–Crippen MR) is 54.0 cm³/mol. The summed E-state index contributed by atoms with van der Waals surface area (Å²) in [5.41, 5.74) is -0.0934. The first-order chi connectivity index (χ1) is 7.64. The number of ether oxygens (including phenoxy) is 1. The molecule has 0 N–H and O–H groups in total. The summed E-state index contributed by atoms with van der Waals surface area (Å²) in [4.78, 5) is 11.6. The summed E-state index contributed by atoms with van der Waals surface area (Å²) < 4.78 is 18.1. The molecule has 3 nitrogen and oxygen atoms in total. The molecule has 1 fully saturated rings. The van der Waals surface area contributed by atoms with Crippen LogP contribution in [0, 0.1) is 17.1 Å². The van der Waals surface area contributed by atoms with E-state index >= 15 is 0 Å². The van der Waals surface area contributed by atoms with Gasteiger partial charge in [-0.05, 0) is 30.5 Å². The normalized spacial score (nSPS) is 16.3. The van der Waals surface area contributed by atoms with Crippen LogP contribution in [-0.4, -0.2) is 13.1 Å². The van der Waals surface area contributed by atoms with Gasteiger partial charge in [0.05, 0.1) is 18.1 Å². The van der Waals surface area contributed by atoms with Gasteiger partial charge in [-0.25, -0.2) is 4.39 Å². The Kier molecular flexibility index (Phi) is 2.39. The average Bonchev–Trinajstić information content (AvgIpc) is 3.09. The number of carbonyl (C=O) groups excluding carboxylic acids is 1. The summed E-state index contributed by atoms with van der Waals surface area (Å²) >= 11 is 0. The Bertz CT molecular complexity index is 486. The molecule has 16 heavy (non-hydrogen) atoms. The summed E-state index contributed by atoms with van der Waals surface area (Å²) in [6.07, 6.45) is 1.34. The molecular formula is C12H10FNO2. The van der Waals surface area contributed by atoms with Crippen LogP contribution >= 0.6 is 0 Å². The fraction of sp³-hybridized carbons (Fsp3) is 0.333. The van der Waals surface area contributed by atoms with Gasteiger partial charge in [0.1, 0.15) is 11.9 Å². The van der Waals surface area contributed by atoms with Crippen molar-refractivity contribution in [2.75, 3.05) is 7.11 Å². The number of halogens is 1. The van der Waals surface area contributed by atoms with Crippen LogP contribution in [0.5, 0.6) is 0 Å². The van der Waals surface area contributed by atoms with Crippen LogP contribution in [0.25, 0.3) is 0 Å². The Morgan fingerprint density at radius 3 is 2.69 bits per heavy atom. The molecule has 1 aliphatic carbocycles. The minimum atomic E-state index is -0.677. The van der Waals surface area contributed by atoms with Crippen LogP contribution in [-0.2, 0) is 14.9 Å². The van der Waals surface area contributed by atoms with E-state index in [0.29, 0.717) is 18.4 Å². The molecule has 0 saturated heterocycles. The van der Waals surface area contributed by atoms with Crippen molar-refractivity contribution in [3.8, 4) is 6.07 Å². The number of carbonyl (C=O) groups is 1. The molecule has 1 saturated carbocycles. The van der Waals surface area contributed by atoms with E-state index in [-0.39, 0.29) is 11.5 Å². The van der Waals surface area contributed by atoms with Gasteiger partial charge in [0, 0.05) is 0 Å². The zero-order valence-corrected chi connectivity index (χ0v) is 8.79. The SMILES string of the molecule is COC(=O)C1(c2ccc(C#N)c(F)c2)CC1. The zero-order valence-electron chi connectivity index (χ0n) is 8.79. The number of hydrogen-bond acceptors (Lipinski definition) is 3. The highest BCUT2D eigenvalue weighted by Gasteiger charge is 2.52. The van der Waals surface area contributed by atoms with Crippen LogP contribution in [0.3, 0.4) is 0 Å². The van der Waals surface area contributed by atoms with E-state index in [9.17, 15) is 9.18 Å². The lowest BCUT2D eigenvalue weighted by Gasteiger charge is -2.12. The van der Waals surface area contributed by atoms with Gasteiger partial charge >= 0.3 is 5.97 Å². The van der Waals surface area contributed by atoms with Gasteiger partial charge in [0.25, 0.3) is 0 Å². The maximum Gasteiger partial charge on any atom is 0.316 e. The molecule has 1 aromatic rings. The van der Waals surface area contributed by atoms with E-state index in [1.54, 1.807) is 12.1 Å². The van der Waals surface area contributed by atoms with Gasteiger partial charge in [-0.1, -0.05) is 6.07 Å². The number of esters is 1. The highest BCUT2D eigenvalue weighted by atomic mass is 19.1. The highest BCUT2D eigenvalue weighted by Crippen LogP contribution is 2.49. The Balaban J connectivity index is 2.40. The fourth-order valence-electron chi connectivity index (χ4n) is 1.83. The third-order valence-corrected chi connectivity index (χ3v) is 2.97. The summed E-state index contributed by atoms with van der Waals surface area (Å²) in [6, 6.07) is 6.01. The molecule has 0 unspecified atom stereocenters. The van der Waals surface area contributed by atoms with Crippen molar-refractivity contribution in [2.24, 2.45) is 0 Å². The topological polar surface area (TPSA) is 50.1 Å². The molecule has 0 bridgehead atoms. The number of hydrogen-bond donors (Lipinski definition) is 0. The Labute approximate surface area is 92.4 Å². The minimum Gasteiger partial charge on any atom is -0.468 e. The van der Waals surface area contributed by atoms with E-state index < -0.39 is 11.2 Å². The van der Waals surface area contributed by atoms with E-state index in [2.05, 4.69) is 0 Å². The van der Waals surface area contributed by atoms with Crippen molar-refractivity contribution < 1.29 is 13.9 Å². The third-order valence-electron chi connectivity index (χ3n) is 2.97. The van der Waals surface area contributed by atoms with Gasteiger partial charge in [-0.2, -0.15) is 5.26 Å². The van der Waals surface area contributed by atoms with Crippen LogP contribution in [0.2, 0.25) is 0 Å². The molecule has 82 valence electrons. The number of nitriles is 1. The molecule has 0 amide bonds. The lowest BCUT2D eigenvalue weighted by Crippen LogP contribution is -2.22. The van der Waals surface area contributed by atoms with Crippen LogP contribution in [0.15, 0.2) is 18.2 Å². The Morgan fingerprint density at radius 1 is 1.56 bits per heavy atom. The summed E-state index contributed by atoms with van der Waals surface area (Å²) in [7, 11) is 1.32. The molecule has 0 atom stereocenters. The monoisotopic (exact) mass is 219 g/mol. The third kappa shape index (κ3) is 1.45. The smallest absolute Gasteiger partial charge is 0.316 e. The van der Waals surface area contributed by atoms with Gasteiger partial charge in [0.2, 0.25) is 0 Å². The molecular weight excluding hydrogens is 209 g/mol. The summed E-state index contributed by atoms with van der Waals surface area (Å²) in [6.45, 7) is 0. The molecule has 0 heterocycles. The molecule has 2 rings (SSSR count). The van der Waals surface area contributed by atoms with Crippen LogP contribution < -0.4 is 0 Å². The molecule has 0 radical (unpaired) electrons. The van der Waals surface area contributed by atoms with Crippen LogP contribution in [0.4, 0.5) is 4.39 Å². The second kappa shape index (κ2) is 3.60. The molecule has 1 aromatic carbocycles. The van der Waals surface area contributed by atoms with E-state index in [0.717, 1.165) is 0 Å². The predicted octanol–water partition coefficient (Wildman–Crippen LogP) is 1.90. The fourth-order valence-corrected chi connectivity index (χ4v) is 1.83. The molecule has 0 aliphatic heterocycles. The van der Waals surface area contributed by atoms with Crippen LogP contribution in [0.1, 0.15) is 24.0 Å². The Hall–Kier alpha value is -1.89. The maximum absolute atomic E-state index is 13.4. The van der Waals surface area contributed by atoms with Crippen molar-refractivity contribution in [3.63, 3.8) is 0 Å². The number of rotatable bonds is 2. The summed E-state index contributed by atoms with van der Waals surface area (Å²) in [5, 5.41) is 8.60. The molecule has 0 aromatic heterocycles. The second-order valence-electron chi connectivity index (χ2n) is 3.88. The van der Waals surface area contributed by atoms with E-state index in [1.807, 2.05) is 0 Å². The quantitative estimate of drug-likeness (QED) is 0.714. The van der Waals surface area contributed by atoms with Gasteiger partial charge in [0.15, 0.2) is 0 Å². The van der Waals surface area contributed by atoms with Crippen molar-refractivity contribution in [1.29, 1.82) is 5.26 Å². The lowest BCUT2D eigenvalue weighted by molar-refractivity contribution is -0.143. The van der Waals surface area contributed by atoms with Crippen molar-refractivity contribution in [3.05, 3.63) is 35.1 Å². The van der Waals surface area contributed by atoms with Gasteiger partial charge < -0.3 is 4.74 Å². The van der Waals surface area contributed by atoms with Crippen molar-refractivity contribution in [2.45, 2.75) is 18.3 Å². The molecule has 1 aliphatic rings. The first-order valence-electron chi connectivity index (χ1n) is 4.92. The second-order valence-corrected chi connectivity index (χ2v) is 3.88. The first kappa shape index (κ1) is 10.6. The van der Waals surface area contributed by atoms with E-state index in [4.69, 9.17) is 10.00 Å². The number of benzene rings is 1. The maximum atomic E-state index is 13.4. The molecule has 4 heteroatoms. The number of nitrogens with zero attached hydrogens (tertiary/aromatic N) is 1. The van der Waals surface area contributed by atoms with Gasteiger partial charge in [-0.3, -0.25) is 4.79 Å². The number of methoxy groups -OCH3 is 1. The molecule has 0 spiro atoms. The average molecular weight is 219 g/mol. The summed E-state index contributed by atoms with van der Waals surface area (Å²) in [5.74, 6) is -0.924. The van der Waals surface area contributed by atoms with Crippen molar-refractivity contribution >= 4 is 5.97 Å². The zero-order chi connectivity index (χ0) is 11.8. The highest BCUT2D eigenvalue weighted by molar-refractivity contribution is 5.86.